The average Bonchev–Trinajstić information content (AvgIpc) is 2.60. The van der Waals surface area contributed by atoms with Crippen LogP contribution in [-0.2, 0) is 0 Å². The quantitative estimate of drug-likeness (QED) is 0.792. The molecule has 1 aliphatic rings. The predicted octanol–water partition coefficient (Wildman–Crippen LogP) is 1.24. The van der Waals surface area contributed by atoms with Crippen LogP contribution in [-0.4, -0.2) is 20.8 Å². The molecule has 1 saturated carbocycles. The highest BCUT2D eigenvalue weighted by Crippen LogP contribution is 2.29. The van der Waals surface area contributed by atoms with Crippen molar-refractivity contribution in [3.05, 3.63) is 25.9 Å². The van der Waals surface area contributed by atoms with Crippen LogP contribution in [0.4, 0.5) is 0 Å². The van der Waals surface area contributed by atoms with E-state index in [1.807, 2.05) is 29.5 Å². The molecular weight excluding hydrogens is 307 g/mol. The monoisotopic (exact) mass is 320 g/mol. The summed E-state index contributed by atoms with van der Waals surface area (Å²) < 4.78 is 2.25. The number of nitrogens with zero attached hydrogens (tertiary/aromatic N) is 2. The van der Waals surface area contributed by atoms with Crippen molar-refractivity contribution >= 4 is 22.6 Å². The van der Waals surface area contributed by atoms with Gasteiger partial charge in [-0.25, -0.2) is 4.98 Å². The highest BCUT2D eigenvalue weighted by Gasteiger charge is 2.29. The van der Waals surface area contributed by atoms with E-state index in [9.17, 15) is 9.90 Å². The Balaban J connectivity index is 2.51. The number of aromatic nitrogens is 2. The van der Waals surface area contributed by atoms with Gasteiger partial charge in [0.1, 0.15) is 5.82 Å². The zero-order valence-corrected chi connectivity index (χ0v) is 10.6. The molecule has 4 nitrogen and oxygen atoms in total. The van der Waals surface area contributed by atoms with Crippen LogP contribution in [0.15, 0.2) is 11.0 Å². The Kier molecular flexibility index (Phi) is 3.11. The maximum Gasteiger partial charge on any atom is 0.267 e. The lowest BCUT2D eigenvalue weighted by molar-refractivity contribution is 0.132. The third kappa shape index (κ3) is 1.94. The summed E-state index contributed by atoms with van der Waals surface area (Å²) in [6, 6.07) is -0.0836. The SMILES string of the molecule is Cc1ncc(I)c(=O)n1[C@H]1CCC[C@@H]1O. The van der Waals surface area contributed by atoms with Crippen LogP contribution in [0.1, 0.15) is 31.1 Å². The Morgan fingerprint density at radius 2 is 2.33 bits per heavy atom. The topological polar surface area (TPSA) is 55.1 Å². The van der Waals surface area contributed by atoms with Gasteiger partial charge in [0, 0.05) is 6.20 Å². The lowest BCUT2D eigenvalue weighted by Gasteiger charge is -2.19. The van der Waals surface area contributed by atoms with Crippen molar-refractivity contribution in [2.45, 2.75) is 38.3 Å². The summed E-state index contributed by atoms with van der Waals surface area (Å²) in [5, 5.41) is 9.79. The average molecular weight is 320 g/mol. The van der Waals surface area contributed by atoms with Gasteiger partial charge >= 0.3 is 0 Å². The van der Waals surface area contributed by atoms with Crippen LogP contribution < -0.4 is 5.56 Å². The molecule has 1 aromatic heterocycles. The molecule has 0 radical (unpaired) electrons. The Morgan fingerprint density at radius 3 is 2.93 bits per heavy atom. The van der Waals surface area contributed by atoms with Crippen molar-refractivity contribution in [3.8, 4) is 0 Å². The van der Waals surface area contributed by atoms with E-state index in [0.29, 0.717) is 9.39 Å². The fourth-order valence-corrected chi connectivity index (χ4v) is 2.54. The molecule has 15 heavy (non-hydrogen) atoms. The van der Waals surface area contributed by atoms with E-state index in [1.165, 1.54) is 0 Å². The van der Waals surface area contributed by atoms with Crippen molar-refractivity contribution in [2.24, 2.45) is 0 Å². The Bertz CT molecular complexity index is 430. The van der Waals surface area contributed by atoms with Crippen LogP contribution in [0.2, 0.25) is 0 Å². The zero-order valence-electron chi connectivity index (χ0n) is 8.48. The summed E-state index contributed by atoms with van der Waals surface area (Å²) in [5.74, 6) is 0.686. The second-order valence-corrected chi connectivity index (χ2v) is 5.06. The maximum absolute atomic E-state index is 11.9. The summed E-state index contributed by atoms with van der Waals surface area (Å²) in [5.41, 5.74) is -0.0333. The summed E-state index contributed by atoms with van der Waals surface area (Å²) >= 11 is 1.98. The second kappa shape index (κ2) is 4.21. The van der Waals surface area contributed by atoms with E-state index in [4.69, 9.17) is 0 Å². The third-order valence-electron chi connectivity index (χ3n) is 2.91. The van der Waals surface area contributed by atoms with E-state index in [0.717, 1.165) is 19.3 Å². The van der Waals surface area contributed by atoms with Gasteiger partial charge in [0.25, 0.3) is 5.56 Å². The summed E-state index contributed by atoms with van der Waals surface area (Å²) in [6.07, 6.45) is 3.80. The minimum Gasteiger partial charge on any atom is -0.391 e. The van der Waals surface area contributed by atoms with Crippen LogP contribution in [0.3, 0.4) is 0 Å². The number of rotatable bonds is 1. The van der Waals surface area contributed by atoms with Crippen LogP contribution in [0.25, 0.3) is 0 Å². The molecule has 2 rings (SSSR count). The van der Waals surface area contributed by atoms with E-state index >= 15 is 0 Å². The standard InChI is InChI=1S/C10H13IN2O2/c1-6-12-5-7(11)10(15)13(6)8-3-2-4-9(8)14/h5,8-9,14H,2-4H2,1H3/t8-,9-/m0/s1. The lowest BCUT2D eigenvalue weighted by atomic mass is 10.2. The van der Waals surface area contributed by atoms with Crippen molar-refractivity contribution < 1.29 is 5.11 Å². The summed E-state index contributed by atoms with van der Waals surface area (Å²) in [4.78, 5) is 16.1. The molecule has 1 fully saturated rings. The smallest absolute Gasteiger partial charge is 0.267 e. The van der Waals surface area contributed by atoms with Crippen molar-refractivity contribution in [1.82, 2.24) is 9.55 Å². The molecule has 1 aromatic rings. The normalized spacial score (nSPS) is 25.8. The number of hydrogen-bond acceptors (Lipinski definition) is 3. The van der Waals surface area contributed by atoms with E-state index in [1.54, 1.807) is 10.8 Å². The molecule has 82 valence electrons. The zero-order chi connectivity index (χ0) is 11.0. The molecule has 0 saturated heterocycles. The Hall–Kier alpha value is -0.430. The fraction of sp³-hybridized carbons (Fsp3) is 0.600. The molecular formula is C10H13IN2O2. The largest absolute Gasteiger partial charge is 0.391 e. The molecule has 0 amide bonds. The van der Waals surface area contributed by atoms with Gasteiger partial charge in [-0.15, -0.1) is 0 Å². The maximum atomic E-state index is 11.9. The minimum absolute atomic E-state index is 0.0333. The molecule has 0 spiro atoms. The van der Waals surface area contributed by atoms with Crippen LogP contribution in [0.5, 0.6) is 0 Å². The van der Waals surface area contributed by atoms with Crippen molar-refractivity contribution in [2.75, 3.05) is 0 Å². The van der Waals surface area contributed by atoms with Crippen LogP contribution >= 0.6 is 22.6 Å². The Labute approximate surface area is 101 Å². The van der Waals surface area contributed by atoms with Gasteiger partial charge in [0.05, 0.1) is 15.7 Å². The highest BCUT2D eigenvalue weighted by atomic mass is 127. The van der Waals surface area contributed by atoms with E-state index in [2.05, 4.69) is 4.98 Å². The highest BCUT2D eigenvalue weighted by molar-refractivity contribution is 14.1. The van der Waals surface area contributed by atoms with Gasteiger partial charge < -0.3 is 5.11 Å². The summed E-state index contributed by atoms with van der Waals surface area (Å²) in [6.45, 7) is 1.81. The second-order valence-electron chi connectivity index (χ2n) is 3.89. The third-order valence-corrected chi connectivity index (χ3v) is 3.65. The number of aliphatic hydroxyl groups excluding tert-OH is 1. The first-order valence-corrected chi connectivity index (χ1v) is 6.11. The molecule has 1 N–H and O–H groups in total. The molecule has 5 heteroatoms. The summed E-state index contributed by atoms with van der Waals surface area (Å²) in [7, 11) is 0. The van der Waals surface area contributed by atoms with Crippen molar-refractivity contribution in [1.29, 1.82) is 0 Å². The van der Waals surface area contributed by atoms with Gasteiger partial charge in [-0.1, -0.05) is 0 Å². The first kappa shape index (κ1) is 11.1. The van der Waals surface area contributed by atoms with Gasteiger partial charge in [-0.3, -0.25) is 9.36 Å². The minimum atomic E-state index is -0.401. The number of aliphatic hydroxyl groups is 1. The molecule has 0 aromatic carbocycles. The fourth-order valence-electron chi connectivity index (χ4n) is 2.14. The van der Waals surface area contributed by atoms with E-state index in [-0.39, 0.29) is 11.6 Å². The van der Waals surface area contributed by atoms with Gasteiger partial charge in [0.2, 0.25) is 0 Å². The van der Waals surface area contributed by atoms with Crippen LogP contribution in [0, 0.1) is 10.5 Å². The first-order valence-electron chi connectivity index (χ1n) is 5.03. The van der Waals surface area contributed by atoms with Gasteiger partial charge in [-0.05, 0) is 48.8 Å². The van der Waals surface area contributed by atoms with Crippen molar-refractivity contribution in [3.63, 3.8) is 0 Å². The lowest BCUT2D eigenvalue weighted by Crippen LogP contribution is -2.33. The molecule has 0 bridgehead atoms. The van der Waals surface area contributed by atoms with E-state index < -0.39 is 6.10 Å². The number of halogens is 1. The molecule has 2 atom stereocenters. The first-order chi connectivity index (χ1) is 7.11. The molecule has 0 aliphatic heterocycles. The molecule has 0 unspecified atom stereocenters. The number of aryl methyl sites for hydroxylation is 1. The molecule has 1 aliphatic carbocycles. The van der Waals surface area contributed by atoms with Gasteiger partial charge in [0.15, 0.2) is 0 Å². The molecule has 1 heterocycles. The number of hydrogen-bond donors (Lipinski definition) is 1. The predicted molar refractivity (Wildman–Crippen MR) is 64.8 cm³/mol. The Morgan fingerprint density at radius 1 is 1.60 bits per heavy atom. The van der Waals surface area contributed by atoms with Gasteiger partial charge in [-0.2, -0.15) is 0 Å².